The van der Waals surface area contributed by atoms with Gasteiger partial charge < -0.3 is 0 Å². The average molecular weight is 812 g/mol. The first-order valence-corrected chi connectivity index (χ1v) is 17.9. The Balaban J connectivity index is 1.99. The van der Waals surface area contributed by atoms with E-state index in [-0.39, 0.29) is 16.2 Å². The lowest BCUT2D eigenvalue weighted by atomic mass is 9.31. The van der Waals surface area contributed by atoms with Crippen molar-refractivity contribution in [2.24, 2.45) is 0 Å². The van der Waals surface area contributed by atoms with Crippen LogP contribution in [0.25, 0.3) is 10.8 Å². The highest BCUT2D eigenvalue weighted by Crippen LogP contribution is 2.85. The molecule has 0 N–H and O–H groups in total. The monoisotopic (exact) mass is 812 g/mol. The summed E-state index contributed by atoms with van der Waals surface area (Å²) in [5, 5.41) is -1.50. The predicted octanol–water partition coefficient (Wildman–Crippen LogP) is 9.93. The summed E-state index contributed by atoms with van der Waals surface area (Å²) in [7, 11) is -5.13. The third kappa shape index (κ3) is 4.90. The second-order valence-corrected chi connectivity index (χ2v) is 16.5. The SMILES string of the molecule is Cc1ccc(C2=C(c3c(F)c(F)c(F)c(F)c3F)[B-](c3c(F)c(F)c(F)c(F)c3F)(c3c(F)c(F)c(F)c(F)c3F)[P+]2(c2ccccc2)c2ccccc2)cc1. The van der Waals surface area contributed by atoms with Crippen LogP contribution in [0.5, 0.6) is 0 Å². The van der Waals surface area contributed by atoms with Crippen molar-refractivity contribution >= 4 is 45.3 Å². The van der Waals surface area contributed by atoms with Crippen molar-refractivity contribution in [2.45, 2.75) is 6.92 Å². The molecule has 1 heterocycles. The molecule has 6 aromatic rings. The molecule has 0 saturated carbocycles. The van der Waals surface area contributed by atoms with Gasteiger partial charge in [-0.25, -0.2) is 65.9 Å². The van der Waals surface area contributed by atoms with E-state index < -0.39 is 128 Å². The third-order valence-corrected chi connectivity index (χ3v) is 15.4. The molecule has 286 valence electrons. The molecule has 0 aliphatic carbocycles. The van der Waals surface area contributed by atoms with E-state index in [2.05, 4.69) is 0 Å². The van der Waals surface area contributed by atoms with E-state index in [4.69, 9.17) is 0 Å². The summed E-state index contributed by atoms with van der Waals surface area (Å²) in [6.07, 6.45) is 0. The molecule has 0 bridgehead atoms. The Hall–Kier alpha value is -5.50. The highest BCUT2D eigenvalue weighted by molar-refractivity contribution is 8.32. The minimum atomic E-state index is -5.44. The molecule has 0 radical (unpaired) electrons. The molecule has 0 atom stereocenters. The number of hydrogen-bond acceptors (Lipinski definition) is 0. The molecule has 6 aromatic carbocycles. The Labute approximate surface area is 306 Å². The molecule has 56 heavy (non-hydrogen) atoms. The van der Waals surface area contributed by atoms with Crippen molar-refractivity contribution in [1.29, 1.82) is 0 Å². The highest BCUT2D eigenvalue weighted by Gasteiger charge is 2.74. The maximum atomic E-state index is 16.8. The van der Waals surface area contributed by atoms with Gasteiger partial charge >= 0.3 is 0 Å². The minimum absolute atomic E-state index is 0.333. The molecule has 1 aliphatic heterocycles. The van der Waals surface area contributed by atoms with Crippen LogP contribution in [0.2, 0.25) is 0 Å². The lowest BCUT2D eigenvalue weighted by molar-refractivity contribution is 0.376. The molecule has 0 fully saturated rings. The van der Waals surface area contributed by atoms with E-state index in [0.29, 0.717) is 5.56 Å². The zero-order chi connectivity index (χ0) is 40.8. The van der Waals surface area contributed by atoms with E-state index in [0.717, 1.165) is 36.4 Å². The largest absolute Gasteiger partial charge is 0.278 e. The molecule has 0 spiro atoms. The molecule has 0 nitrogen and oxygen atoms in total. The van der Waals surface area contributed by atoms with Crippen molar-refractivity contribution in [3.63, 3.8) is 0 Å². The Morgan fingerprint density at radius 2 is 0.661 bits per heavy atom. The fraction of sp³-hybridized carbons (Fsp3) is 0.0256. The van der Waals surface area contributed by atoms with E-state index in [1.807, 2.05) is 0 Å². The molecule has 1 aliphatic rings. The van der Waals surface area contributed by atoms with Crippen LogP contribution >= 0.6 is 7.14 Å². The third-order valence-electron chi connectivity index (χ3n) is 10.1. The van der Waals surface area contributed by atoms with Crippen LogP contribution in [0.1, 0.15) is 16.7 Å². The first kappa shape index (κ1) is 38.8. The first-order valence-electron chi connectivity index (χ1n) is 16.0. The standard InChI is InChI=1S/C39H17BF15P/c1-16-12-14-17(15-13-16)39-21(20-24(41)30(47)36(53)31(48)25(20)42)40(22-26(43)32(49)37(54)33(50)27(22)44,23-28(45)34(51)38(55)35(52)29(23)46)56(39,18-8-4-2-5-9-18)19-10-6-3-7-11-19/h2-15H,1H3. The topological polar surface area (TPSA) is 0 Å². The maximum absolute atomic E-state index is 16.8. The predicted molar refractivity (Wildman–Crippen MR) is 181 cm³/mol. The van der Waals surface area contributed by atoms with E-state index >= 15 is 52.7 Å². The number of halogens is 15. The summed E-state index contributed by atoms with van der Waals surface area (Å²) in [6, 6.07) is 16.7. The number of rotatable bonds is 6. The highest BCUT2D eigenvalue weighted by atomic mass is 31.2. The Morgan fingerprint density at radius 3 is 1.00 bits per heavy atom. The molecule has 17 heteroatoms. The Kier molecular flexibility index (Phi) is 9.42. The summed E-state index contributed by atoms with van der Waals surface area (Å²) >= 11 is 0. The van der Waals surface area contributed by atoms with Gasteiger partial charge in [-0.15, -0.1) is 5.47 Å². The molecule has 0 unspecified atom stereocenters. The van der Waals surface area contributed by atoms with E-state index in [9.17, 15) is 13.2 Å². The normalized spacial score (nSPS) is 14.6. The van der Waals surface area contributed by atoms with Gasteiger partial charge in [0.1, 0.15) is 23.3 Å². The van der Waals surface area contributed by atoms with Crippen LogP contribution in [0.15, 0.2) is 84.9 Å². The smallest absolute Gasteiger partial charge is 0.207 e. The fourth-order valence-corrected chi connectivity index (χ4v) is 14.2. The van der Waals surface area contributed by atoms with Crippen LogP contribution in [0.3, 0.4) is 0 Å². The van der Waals surface area contributed by atoms with Gasteiger partial charge in [0.2, 0.25) is 5.82 Å². The van der Waals surface area contributed by atoms with Crippen LogP contribution in [0, 0.1) is 94.2 Å². The van der Waals surface area contributed by atoms with Gasteiger partial charge in [0.25, 0.3) is 5.87 Å². The van der Waals surface area contributed by atoms with Gasteiger partial charge in [-0.3, -0.25) is 0 Å². The van der Waals surface area contributed by atoms with Crippen LogP contribution in [-0.4, -0.2) is 5.87 Å². The van der Waals surface area contributed by atoms with Gasteiger partial charge in [0, 0.05) is 16.4 Å². The maximum Gasteiger partial charge on any atom is 0.278 e. The molecular formula is C39H17BF15P. The minimum Gasteiger partial charge on any atom is -0.207 e. The Bertz CT molecular complexity index is 2450. The number of aryl methyl sites for hydroxylation is 1. The van der Waals surface area contributed by atoms with Gasteiger partial charge in [0.15, 0.2) is 58.2 Å². The molecule has 0 amide bonds. The first-order chi connectivity index (χ1) is 26.5. The van der Waals surface area contributed by atoms with Crippen LogP contribution in [0.4, 0.5) is 65.9 Å². The molecular weight excluding hydrogens is 795 g/mol. The van der Waals surface area contributed by atoms with Gasteiger partial charge in [-0.05, 0) is 38.3 Å². The van der Waals surface area contributed by atoms with Crippen molar-refractivity contribution < 1.29 is 65.9 Å². The number of benzene rings is 6. The molecule has 0 aromatic heterocycles. The molecule has 0 saturated heterocycles. The zero-order valence-corrected chi connectivity index (χ0v) is 28.7. The quantitative estimate of drug-likeness (QED) is 0.0517. The second kappa shape index (κ2) is 13.6. The van der Waals surface area contributed by atoms with E-state index in [1.165, 1.54) is 55.5 Å². The van der Waals surface area contributed by atoms with Crippen molar-refractivity contribution in [3.8, 4) is 0 Å². The van der Waals surface area contributed by atoms with Crippen LogP contribution < -0.4 is 21.5 Å². The second-order valence-electron chi connectivity index (χ2n) is 12.8. The summed E-state index contributed by atoms with van der Waals surface area (Å²) in [5.41, 5.74) is -8.51. The van der Waals surface area contributed by atoms with Gasteiger partial charge in [0.05, 0.1) is 10.6 Å². The lowest BCUT2D eigenvalue weighted by Crippen LogP contribution is -2.73. The van der Waals surface area contributed by atoms with Gasteiger partial charge in [-0.1, -0.05) is 77.2 Å². The van der Waals surface area contributed by atoms with Crippen molar-refractivity contribution in [1.82, 2.24) is 0 Å². The summed E-state index contributed by atoms with van der Waals surface area (Å²) in [5.74, 6) is -48.4. The molecule has 7 rings (SSSR count). The lowest BCUT2D eigenvalue weighted by Gasteiger charge is -2.62. The van der Waals surface area contributed by atoms with Gasteiger partial charge in [-0.2, -0.15) is 0 Å². The van der Waals surface area contributed by atoms with Crippen LogP contribution in [-0.2, 0) is 0 Å². The summed E-state index contributed by atoms with van der Waals surface area (Å²) in [6.45, 7) is 1.53. The summed E-state index contributed by atoms with van der Waals surface area (Å²) in [4.78, 5) is 0. The Morgan fingerprint density at radius 1 is 0.357 bits per heavy atom. The zero-order valence-electron chi connectivity index (χ0n) is 27.8. The van der Waals surface area contributed by atoms with E-state index in [1.54, 1.807) is 0 Å². The number of hydrogen-bond donors (Lipinski definition) is 0. The fourth-order valence-electron chi connectivity index (χ4n) is 7.93. The average Bonchev–Trinajstić information content (AvgIpc) is 3.20. The van der Waals surface area contributed by atoms with Crippen molar-refractivity contribution in [2.75, 3.05) is 0 Å². The van der Waals surface area contributed by atoms with Crippen molar-refractivity contribution in [3.05, 3.63) is 189 Å². The summed E-state index contributed by atoms with van der Waals surface area (Å²) < 4.78 is 237.